The molecule has 1 aromatic heterocycles. The minimum atomic E-state index is 0.316. The van der Waals surface area contributed by atoms with Gasteiger partial charge in [-0.05, 0) is 52.5 Å². The fourth-order valence-corrected chi connectivity index (χ4v) is 2.42. The van der Waals surface area contributed by atoms with E-state index in [1.807, 2.05) is 18.3 Å². The summed E-state index contributed by atoms with van der Waals surface area (Å²) in [4.78, 5) is 6.48. The van der Waals surface area contributed by atoms with Gasteiger partial charge < -0.3 is 5.11 Å². The first kappa shape index (κ1) is 11.0. The molecule has 4 heteroatoms. The molecule has 0 bridgehead atoms. The zero-order valence-electron chi connectivity index (χ0n) is 8.56. The van der Waals surface area contributed by atoms with Crippen LogP contribution in [-0.4, -0.2) is 34.7 Å². The van der Waals surface area contributed by atoms with Crippen molar-refractivity contribution in [1.82, 2.24) is 9.88 Å². The van der Waals surface area contributed by atoms with Gasteiger partial charge in [-0.2, -0.15) is 0 Å². The number of likely N-dealkylation sites (tertiary alicyclic amines) is 1. The molecule has 1 saturated heterocycles. The lowest BCUT2D eigenvalue weighted by Crippen LogP contribution is -2.20. The molecule has 0 saturated carbocycles. The summed E-state index contributed by atoms with van der Waals surface area (Å²) in [5.74, 6) is 0.468. The van der Waals surface area contributed by atoms with Crippen molar-refractivity contribution in [2.45, 2.75) is 13.0 Å². The first-order valence-corrected chi connectivity index (χ1v) is 6.01. The topological polar surface area (TPSA) is 36.4 Å². The number of aromatic nitrogens is 1. The van der Waals surface area contributed by atoms with Crippen LogP contribution < -0.4 is 0 Å². The summed E-state index contributed by atoms with van der Waals surface area (Å²) >= 11 is 3.37. The van der Waals surface area contributed by atoms with Gasteiger partial charge >= 0.3 is 0 Å². The van der Waals surface area contributed by atoms with Gasteiger partial charge in [-0.1, -0.05) is 0 Å². The van der Waals surface area contributed by atoms with E-state index in [2.05, 4.69) is 25.8 Å². The molecular weight excluding hydrogens is 256 g/mol. The van der Waals surface area contributed by atoms with Crippen LogP contribution in [0.3, 0.4) is 0 Å². The van der Waals surface area contributed by atoms with Gasteiger partial charge in [0.15, 0.2) is 0 Å². The lowest BCUT2D eigenvalue weighted by molar-refractivity contribution is 0.220. The first-order chi connectivity index (χ1) is 7.28. The molecule has 1 atom stereocenters. The normalized spacial score (nSPS) is 22.1. The van der Waals surface area contributed by atoms with Crippen LogP contribution in [0.2, 0.25) is 0 Å². The lowest BCUT2D eigenvalue weighted by Gasteiger charge is -2.15. The number of hydrogen-bond donors (Lipinski definition) is 1. The Morgan fingerprint density at radius 3 is 3.13 bits per heavy atom. The van der Waals surface area contributed by atoms with Crippen LogP contribution >= 0.6 is 15.9 Å². The van der Waals surface area contributed by atoms with Crippen LogP contribution in [0.5, 0.6) is 0 Å². The van der Waals surface area contributed by atoms with Crippen LogP contribution in [-0.2, 0) is 6.54 Å². The molecule has 1 N–H and O–H groups in total. The number of aliphatic hydroxyl groups excluding tert-OH is 1. The van der Waals surface area contributed by atoms with E-state index in [4.69, 9.17) is 5.11 Å². The Labute approximate surface area is 98.3 Å². The van der Waals surface area contributed by atoms with Crippen molar-refractivity contribution in [3.05, 3.63) is 28.5 Å². The average molecular weight is 271 g/mol. The van der Waals surface area contributed by atoms with Gasteiger partial charge in [0.05, 0.1) is 0 Å². The van der Waals surface area contributed by atoms with Crippen LogP contribution in [0.1, 0.15) is 12.0 Å². The molecule has 1 aliphatic rings. The molecule has 0 aromatic carbocycles. The van der Waals surface area contributed by atoms with E-state index in [9.17, 15) is 0 Å². The molecule has 2 heterocycles. The van der Waals surface area contributed by atoms with E-state index in [0.717, 1.165) is 30.7 Å². The second-order valence-electron chi connectivity index (χ2n) is 4.06. The first-order valence-electron chi connectivity index (χ1n) is 5.21. The largest absolute Gasteiger partial charge is 0.396 e. The summed E-state index contributed by atoms with van der Waals surface area (Å²) < 4.78 is 0.887. The predicted molar refractivity (Wildman–Crippen MR) is 62.4 cm³/mol. The maximum absolute atomic E-state index is 9.05. The molecule has 1 fully saturated rings. The number of rotatable bonds is 3. The minimum absolute atomic E-state index is 0.316. The van der Waals surface area contributed by atoms with Crippen molar-refractivity contribution in [2.75, 3.05) is 19.7 Å². The zero-order chi connectivity index (χ0) is 10.7. The predicted octanol–water partition coefficient (Wildman–Crippen LogP) is 1.66. The molecule has 0 spiro atoms. The molecule has 0 unspecified atom stereocenters. The van der Waals surface area contributed by atoms with E-state index in [-0.39, 0.29) is 0 Å². The van der Waals surface area contributed by atoms with Crippen molar-refractivity contribution >= 4 is 15.9 Å². The molecule has 3 nitrogen and oxygen atoms in total. The third kappa shape index (κ3) is 3.00. The second-order valence-corrected chi connectivity index (χ2v) is 4.87. The van der Waals surface area contributed by atoms with Crippen molar-refractivity contribution in [1.29, 1.82) is 0 Å². The van der Waals surface area contributed by atoms with E-state index in [0.29, 0.717) is 12.5 Å². The highest BCUT2D eigenvalue weighted by Gasteiger charge is 2.21. The maximum Gasteiger partial charge on any atom is 0.106 e. The molecule has 0 amide bonds. The van der Waals surface area contributed by atoms with E-state index in [1.54, 1.807) is 0 Å². The lowest BCUT2D eigenvalue weighted by atomic mass is 10.1. The standard InChI is InChI=1S/C11H15BrN2O/c12-11-5-9(1-3-13-11)6-14-4-2-10(7-14)8-15/h1,3,5,10,15H,2,4,6-8H2/t10-/m1/s1. The van der Waals surface area contributed by atoms with Gasteiger partial charge in [-0.15, -0.1) is 0 Å². The quantitative estimate of drug-likeness (QED) is 0.849. The fourth-order valence-electron chi connectivity index (χ4n) is 2.00. The van der Waals surface area contributed by atoms with Gasteiger partial charge in [-0.3, -0.25) is 4.90 Å². The Morgan fingerprint density at radius 2 is 2.47 bits per heavy atom. The molecule has 15 heavy (non-hydrogen) atoms. The molecule has 1 aromatic rings. The van der Waals surface area contributed by atoms with Crippen molar-refractivity contribution in [3.63, 3.8) is 0 Å². The maximum atomic E-state index is 9.05. The summed E-state index contributed by atoms with van der Waals surface area (Å²) in [5, 5.41) is 9.05. The number of halogens is 1. The summed E-state index contributed by atoms with van der Waals surface area (Å²) in [7, 11) is 0. The van der Waals surface area contributed by atoms with Gasteiger partial charge in [-0.25, -0.2) is 4.98 Å². The summed E-state index contributed by atoms with van der Waals surface area (Å²) in [6.07, 6.45) is 2.93. The summed E-state index contributed by atoms with van der Waals surface area (Å²) in [5.41, 5.74) is 1.27. The average Bonchev–Trinajstić information content (AvgIpc) is 2.65. The third-order valence-electron chi connectivity index (χ3n) is 2.83. The third-order valence-corrected chi connectivity index (χ3v) is 3.26. The van der Waals surface area contributed by atoms with Gasteiger partial charge in [0.2, 0.25) is 0 Å². The minimum Gasteiger partial charge on any atom is -0.396 e. The van der Waals surface area contributed by atoms with E-state index < -0.39 is 0 Å². The SMILES string of the molecule is OC[C@@H]1CCN(Cc2ccnc(Br)c2)C1. The number of nitrogens with zero attached hydrogens (tertiary/aromatic N) is 2. The molecule has 0 radical (unpaired) electrons. The van der Waals surface area contributed by atoms with Crippen LogP contribution in [0.25, 0.3) is 0 Å². The Kier molecular flexibility index (Phi) is 3.72. The van der Waals surface area contributed by atoms with Crippen LogP contribution in [0.15, 0.2) is 22.9 Å². The second kappa shape index (κ2) is 5.05. The van der Waals surface area contributed by atoms with Gasteiger partial charge in [0.1, 0.15) is 4.60 Å². The fraction of sp³-hybridized carbons (Fsp3) is 0.545. The van der Waals surface area contributed by atoms with Crippen LogP contribution in [0, 0.1) is 5.92 Å². The monoisotopic (exact) mass is 270 g/mol. The Bertz CT molecular complexity index is 332. The Balaban J connectivity index is 1.92. The highest BCUT2D eigenvalue weighted by Crippen LogP contribution is 2.18. The van der Waals surface area contributed by atoms with E-state index in [1.165, 1.54) is 5.56 Å². The molecular formula is C11H15BrN2O. The molecule has 2 rings (SSSR count). The zero-order valence-corrected chi connectivity index (χ0v) is 10.2. The highest BCUT2D eigenvalue weighted by molar-refractivity contribution is 9.10. The molecule has 82 valence electrons. The van der Waals surface area contributed by atoms with Crippen LogP contribution in [0.4, 0.5) is 0 Å². The van der Waals surface area contributed by atoms with Gasteiger partial charge in [0, 0.05) is 25.9 Å². The van der Waals surface area contributed by atoms with E-state index >= 15 is 0 Å². The number of aliphatic hydroxyl groups is 1. The number of hydrogen-bond acceptors (Lipinski definition) is 3. The van der Waals surface area contributed by atoms with Crippen molar-refractivity contribution < 1.29 is 5.11 Å². The summed E-state index contributed by atoms with van der Waals surface area (Å²) in [6.45, 7) is 3.37. The molecule has 0 aliphatic carbocycles. The van der Waals surface area contributed by atoms with Crippen molar-refractivity contribution in [2.24, 2.45) is 5.92 Å². The molecule has 1 aliphatic heterocycles. The smallest absolute Gasteiger partial charge is 0.106 e. The van der Waals surface area contributed by atoms with Gasteiger partial charge in [0.25, 0.3) is 0 Å². The Morgan fingerprint density at radius 1 is 1.60 bits per heavy atom. The number of pyridine rings is 1. The summed E-state index contributed by atoms with van der Waals surface area (Å²) in [6, 6.07) is 4.09. The Hall–Kier alpha value is -0.450. The highest BCUT2D eigenvalue weighted by atomic mass is 79.9. The van der Waals surface area contributed by atoms with Crippen molar-refractivity contribution in [3.8, 4) is 0 Å².